The maximum absolute atomic E-state index is 9.79. The monoisotopic (exact) mass is 640 g/mol. The second-order valence-electron chi connectivity index (χ2n) is 14.6. The predicted octanol–water partition coefficient (Wildman–Crippen LogP) is 10.8. The van der Waals surface area contributed by atoms with Gasteiger partial charge in [-0.1, -0.05) is 119 Å². The van der Waals surface area contributed by atoms with E-state index in [1.807, 2.05) is 0 Å². The maximum atomic E-state index is 9.79. The molecule has 1 heterocycles. The molecule has 3 aromatic carbocycles. The van der Waals surface area contributed by atoms with Gasteiger partial charge in [0, 0.05) is 10.8 Å². The third kappa shape index (κ3) is 5.75. The summed E-state index contributed by atoms with van der Waals surface area (Å²) in [5.41, 5.74) is 15.7. The second-order valence-corrected chi connectivity index (χ2v) is 25.8. The molecule has 46 heavy (non-hydrogen) atoms. The lowest BCUT2D eigenvalue weighted by atomic mass is 9.97. The van der Waals surface area contributed by atoms with Crippen molar-refractivity contribution in [3.05, 3.63) is 58.7 Å². The molecule has 0 saturated heterocycles. The minimum Gasteiger partial charge on any atom is -0.243 e. The van der Waals surface area contributed by atoms with Crippen molar-refractivity contribution in [3.63, 3.8) is 0 Å². The van der Waals surface area contributed by atoms with E-state index in [-0.39, 0.29) is 0 Å². The van der Waals surface area contributed by atoms with E-state index in [0.717, 1.165) is 21.9 Å². The maximum Gasteiger partial charge on any atom is 0.146 e. The zero-order valence-corrected chi connectivity index (χ0v) is 31.7. The Morgan fingerprint density at radius 1 is 0.522 bits per heavy atom. The van der Waals surface area contributed by atoms with Crippen molar-refractivity contribution in [1.29, 1.82) is 10.5 Å². The van der Waals surface area contributed by atoms with Gasteiger partial charge in [-0.05, 0) is 45.4 Å². The van der Waals surface area contributed by atoms with Gasteiger partial charge in [-0.25, -0.2) is 9.97 Å². The number of fused-ring (bicyclic) bond motifs is 3. The molecule has 4 nitrogen and oxygen atoms in total. The van der Waals surface area contributed by atoms with Gasteiger partial charge in [0.1, 0.15) is 39.3 Å². The average molecular weight is 641 g/mol. The summed E-state index contributed by atoms with van der Waals surface area (Å²) < 4.78 is 0. The Morgan fingerprint density at radius 3 is 1.09 bits per heavy atom. The van der Waals surface area contributed by atoms with Crippen molar-refractivity contribution >= 4 is 49.0 Å². The molecular weight excluding hydrogens is 593 g/mol. The molecule has 0 unspecified atom stereocenters. The first-order valence-corrected chi connectivity index (χ1v) is 21.2. The zero-order chi connectivity index (χ0) is 34.1. The number of nitrogens with zero attached hydrogens (tertiary/aromatic N) is 4. The van der Waals surface area contributed by atoms with E-state index in [9.17, 15) is 10.5 Å². The van der Waals surface area contributed by atoms with E-state index in [1.165, 1.54) is 0 Å². The largest absolute Gasteiger partial charge is 0.243 e. The highest BCUT2D eigenvalue weighted by Gasteiger charge is 2.43. The highest BCUT2D eigenvalue weighted by atomic mass is 28.3. The lowest BCUT2D eigenvalue weighted by Crippen LogP contribution is -2.43. The van der Waals surface area contributed by atoms with Gasteiger partial charge in [0.05, 0.1) is 33.3 Å². The third-order valence-corrected chi connectivity index (χ3v) is 23.1. The molecule has 6 heteroatoms. The van der Waals surface area contributed by atoms with Gasteiger partial charge in [0.15, 0.2) is 0 Å². The topological polar surface area (TPSA) is 73.4 Å². The Balaban J connectivity index is 2.27. The van der Waals surface area contributed by atoms with Gasteiger partial charge in [0.25, 0.3) is 0 Å². The van der Waals surface area contributed by atoms with Crippen LogP contribution in [0.25, 0.3) is 32.8 Å². The van der Waals surface area contributed by atoms with Gasteiger partial charge in [-0.3, -0.25) is 0 Å². The molecule has 0 radical (unpaired) electrons. The van der Waals surface area contributed by atoms with E-state index < -0.39 is 16.1 Å². The molecule has 0 fully saturated rings. The summed E-state index contributed by atoms with van der Waals surface area (Å²) in [5, 5.41) is 21.6. The molecule has 4 aromatic rings. The van der Waals surface area contributed by atoms with Crippen molar-refractivity contribution in [2.45, 2.75) is 116 Å². The molecule has 0 amide bonds. The molecule has 0 aliphatic carbocycles. The third-order valence-electron chi connectivity index (χ3n) is 10.5. The van der Waals surface area contributed by atoms with Crippen molar-refractivity contribution in [3.8, 4) is 35.1 Å². The van der Waals surface area contributed by atoms with Crippen LogP contribution < -0.4 is 0 Å². The summed E-state index contributed by atoms with van der Waals surface area (Å²) in [4.78, 5) is 10.4. The van der Waals surface area contributed by atoms with Crippen LogP contribution in [0.2, 0.25) is 33.2 Å². The molecule has 0 saturated carbocycles. The van der Waals surface area contributed by atoms with Crippen LogP contribution in [0.4, 0.5) is 0 Å². The molecule has 0 aliphatic heterocycles. The van der Waals surface area contributed by atoms with Gasteiger partial charge < -0.3 is 0 Å². The van der Waals surface area contributed by atoms with Gasteiger partial charge in [-0.15, -0.1) is 11.1 Å². The lowest BCUT2D eigenvalue weighted by molar-refractivity contribution is 0.838. The quantitative estimate of drug-likeness (QED) is 0.119. The van der Waals surface area contributed by atoms with Crippen LogP contribution in [-0.2, 0) is 0 Å². The van der Waals surface area contributed by atoms with E-state index in [0.29, 0.717) is 66.4 Å². The van der Waals surface area contributed by atoms with Crippen LogP contribution in [0.3, 0.4) is 0 Å². The number of rotatable bonds is 6. The molecule has 0 aliphatic rings. The number of hydrogen-bond acceptors (Lipinski definition) is 4. The fourth-order valence-electron chi connectivity index (χ4n) is 8.27. The molecule has 0 atom stereocenters. The molecule has 0 spiro atoms. The average Bonchev–Trinajstić information content (AvgIpc) is 2.99. The minimum absolute atomic E-state index is 0.296. The molecule has 0 bridgehead atoms. The normalized spacial score (nSPS) is 12.3. The number of nitriles is 2. The van der Waals surface area contributed by atoms with E-state index >= 15 is 0 Å². The zero-order valence-electron chi connectivity index (χ0n) is 29.7. The Hall–Kier alpha value is -3.95. The highest BCUT2D eigenvalue weighted by Crippen LogP contribution is 2.43. The summed E-state index contributed by atoms with van der Waals surface area (Å²) in [5.74, 6) is 7.48. The van der Waals surface area contributed by atoms with E-state index in [1.54, 1.807) is 12.1 Å². The summed E-state index contributed by atoms with van der Waals surface area (Å²) in [7, 11) is -4.14. The number of benzene rings is 3. The van der Waals surface area contributed by atoms with Crippen LogP contribution in [0.15, 0.2) is 36.4 Å². The van der Waals surface area contributed by atoms with Crippen molar-refractivity contribution in [2.24, 2.45) is 0 Å². The van der Waals surface area contributed by atoms with Crippen LogP contribution in [0.5, 0.6) is 0 Å². The van der Waals surface area contributed by atoms with Crippen molar-refractivity contribution < 1.29 is 0 Å². The Labute approximate surface area is 278 Å². The molecule has 0 N–H and O–H groups in total. The Morgan fingerprint density at radius 2 is 0.826 bits per heavy atom. The molecule has 4 rings (SSSR count). The molecule has 236 valence electrons. The number of hydrogen-bond donors (Lipinski definition) is 0. The SMILES string of the molecule is CC(C)[Si](C#Cc1c2ccccc2c(C#C[Si](C(C)C)(C(C)C)C(C)C)c2nc3cc(C#N)c(C#N)cc3nc12)(C(C)C)C(C)C. The molecule has 1 aromatic heterocycles. The smallest absolute Gasteiger partial charge is 0.146 e. The van der Waals surface area contributed by atoms with Crippen molar-refractivity contribution in [1.82, 2.24) is 9.97 Å². The highest BCUT2D eigenvalue weighted by molar-refractivity contribution is 6.91. The van der Waals surface area contributed by atoms with Crippen LogP contribution >= 0.6 is 0 Å². The lowest BCUT2D eigenvalue weighted by Gasteiger charge is -2.38. The Bertz CT molecular complexity index is 1830. The number of aromatic nitrogens is 2. The van der Waals surface area contributed by atoms with E-state index in [2.05, 4.69) is 142 Å². The van der Waals surface area contributed by atoms with Crippen molar-refractivity contribution in [2.75, 3.05) is 0 Å². The standard InChI is InChI=1S/C40H48N4Si2/c1-25(2)45(26(3)4,27(5)6)19-17-35-33-15-13-14-16-34(33)36(18-20-46(28(7)8,29(9)10)30(11)12)40-39(35)43-37-21-31(23-41)32(24-42)22-38(37)44-40/h13-16,21-22,25-30H,1-12H3. The fourth-order valence-corrected chi connectivity index (χ4v) is 18.7. The van der Waals surface area contributed by atoms with Crippen LogP contribution in [0, 0.1) is 45.6 Å². The summed E-state index contributed by atoms with van der Waals surface area (Å²) in [6.07, 6.45) is 0. The van der Waals surface area contributed by atoms with E-state index in [4.69, 9.17) is 9.97 Å². The first-order valence-electron chi connectivity index (χ1n) is 16.7. The van der Waals surface area contributed by atoms with Crippen LogP contribution in [-0.4, -0.2) is 26.1 Å². The van der Waals surface area contributed by atoms with Crippen LogP contribution in [0.1, 0.15) is 105 Å². The summed E-state index contributed by atoms with van der Waals surface area (Å²) in [6, 6.07) is 16.1. The van der Waals surface area contributed by atoms with Gasteiger partial charge >= 0.3 is 0 Å². The van der Waals surface area contributed by atoms with Gasteiger partial charge in [0.2, 0.25) is 0 Å². The summed E-state index contributed by atoms with van der Waals surface area (Å²) in [6.45, 7) is 27.9. The predicted molar refractivity (Wildman–Crippen MR) is 200 cm³/mol. The molecular formula is C40H48N4Si2. The Kier molecular flexibility index (Phi) is 10.2. The minimum atomic E-state index is -2.07. The summed E-state index contributed by atoms with van der Waals surface area (Å²) >= 11 is 0. The second kappa shape index (κ2) is 13.4. The first-order chi connectivity index (χ1) is 21.7. The first kappa shape index (κ1) is 34.9. The van der Waals surface area contributed by atoms with Gasteiger partial charge in [-0.2, -0.15) is 10.5 Å². The fraction of sp³-hybridized carbons (Fsp3) is 0.450.